The summed E-state index contributed by atoms with van der Waals surface area (Å²) in [7, 11) is -6.09. The molecule has 2 aromatic rings. The molecule has 39 heavy (non-hydrogen) atoms. The van der Waals surface area contributed by atoms with Crippen molar-refractivity contribution in [2.75, 3.05) is 13.1 Å². The maximum atomic E-state index is 13.3. The molecule has 1 aromatic carbocycles. The van der Waals surface area contributed by atoms with Gasteiger partial charge in [0.1, 0.15) is 16.0 Å². The number of benzene rings is 1. The van der Waals surface area contributed by atoms with Crippen molar-refractivity contribution >= 4 is 41.2 Å². The summed E-state index contributed by atoms with van der Waals surface area (Å²) in [6.45, 7) is 11.6. The number of sulfonamides is 1. The van der Waals surface area contributed by atoms with E-state index in [1.807, 2.05) is 0 Å². The van der Waals surface area contributed by atoms with E-state index in [9.17, 15) is 23.7 Å². The Kier molecular flexibility index (Phi) is 8.12. The van der Waals surface area contributed by atoms with Gasteiger partial charge in [-0.25, -0.2) is 8.42 Å². The van der Waals surface area contributed by atoms with Crippen LogP contribution in [-0.2, 0) is 21.4 Å². The third kappa shape index (κ3) is 6.45. The lowest BCUT2D eigenvalue weighted by atomic mass is 10.1. The number of hydrogen-bond acceptors (Lipinski definition) is 8. The standard InChI is InChI=1S/C27H34N4O5S2Si/c1-27(2,3)39(4,5)36-23-7-6-19(17-28)16-21(23)18-30-13-12-22(26(30)32)29-38(34,35)25-9-8-24(37-25)20-10-14-31(33)15-11-20/h6-11,14,16,22,29,33H,12-13,15,18H2,1-5H3/t22-/m0/s1. The molecular weight excluding hydrogens is 553 g/mol. The van der Waals surface area contributed by atoms with E-state index in [4.69, 9.17) is 4.43 Å². The molecule has 0 spiro atoms. The molecule has 4 rings (SSSR count). The van der Waals surface area contributed by atoms with E-state index in [1.54, 1.807) is 41.3 Å². The fraction of sp³-hybridized carbons (Fsp3) is 0.407. The van der Waals surface area contributed by atoms with Crippen LogP contribution in [0.5, 0.6) is 5.75 Å². The van der Waals surface area contributed by atoms with Crippen molar-refractivity contribution in [3.8, 4) is 11.8 Å². The molecule has 1 fully saturated rings. The number of likely N-dealkylation sites (tertiary alicyclic amines) is 1. The first-order valence-corrected chi connectivity index (χ1v) is 17.9. The lowest BCUT2D eigenvalue weighted by Gasteiger charge is -2.37. The zero-order chi connectivity index (χ0) is 28.6. The second-order valence-electron chi connectivity index (χ2n) is 11.2. The number of thiophene rings is 1. The maximum Gasteiger partial charge on any atom is 0.250 e. The lowest BCUT2D eigenvalue weighted by molar-refractivity contribution is -0.129. The van der Waals surface area contributed by atoms with Crippen LogP contribution in [0.4, 0.5) is 0 Å². The third-order valence-electron chi connectivity index (χ3n) is 7.37. The van der Waals surface area contributed by atoms with Crippen molar-refractivity contribution in [2.24, 2.45) is 0 Å². The SMILES string of the molecule is CC(C)(C)[Si](C)(C)Oc1ccc(C#N)cc1CN1CC[C@H](NS(=O)(=O)c2ccc(C3=CCN(O)C=C3)s2)C1=O. The van der Waals surface area contributed by atoms with Gasteiger partial charge in [0.05, 0.1) is 18.2 Å². The van der Waals surface area contributed by atoms with Gasteiger partial charge < -0.3 is 9.33 Å². The number of nitriles is 1. The molecule has 0 bridgehead atoms. The number of rotatable bonds is 8. The van der Waals surface area contributed by atoms with Crippen LogP contribution in [0, 0.1) is 11.3 Å². The van der Waals surface area contributed by atoms with Crippen LogP contribution in [0.25, 0.3) is 5.57 Å². The summed E-state index contributed by atoms with van der Waals surface area (Å²) in [5.41, 5.74) is 2.03. The number of carbonyl (C=O) groups excluding carboxylic acids is 1. The average Bonchev–Trinajstić information content (AvgIpc) is 3.48. The van der Waals surface area contributed by atoms with Crippen LogP contribution in [-0.4, -0.2) is 56.9 Å². The second-order valence-corrected chi connectivity index (χ2v) is 19.0. The number of amides is 1. The van der Waals surface area contributed by atoms with Crippen LogP contribution < -0.4 is 9.15 Å². The highest BCUT2D eigenvalue weighted by Gasteiger charge is 2.40. The number of nitrogens with zero attached hydrogens (tertiary/aromatic N) is 3. The highest BCUT2D eigenvalue weighted by atomic mass is 32.2. The van der Waals surface area contributed by atoms with E-state index < -0.39 is 24.4 Å². The molecule has 0 aliphatic carbocycles. The molecule has 208 valence electrons. The van der Waals surface area contributed by atoms with Gasteiger partial charge in [-0.2, -0.15) is 9.98 Å². The summed E-state index contributed by atoms with van der Waals surface area (Å²) in [6, 6.07) is 9.76. The van der Waals surface area contributed by atoms with Gasteiger partial charge in [0, 0.05) is 29.7 Å². The predicted octanol–water partition coefficient (Wildman–Crippen LogP) is 4.69. The van der Waals surface area contributed by atoms with E-state index >= 15 is 0 Å². The van der Waals surface area contributed by atoms with Crippen LogP contribution in [0.15, 0.2) is 52.9 Å². The van der Waals surface area contributed by atoms with Crippen LogP contribution in [0.3, 0.4) is 0 Å². The molecule has 1 atom stereocenters. The van der Waals surface area contributed by atoms with Gasteiger partial charge in [0.2, 0.25) is 14.2 Å². The van der Waals surface area contributed by atoms with Crippen molar-refractivity contribution in [3.05, 3.63) is 64.7 Å². The second kappa shape index (κ2) is 10.9. The summed E-state index contributed by atoms with van der Waals surface area (Å²) in [6.07, 6.45) is 5.37. The summed E-state index contributed by atoms with van der Waals surface area (Å²) < 4.78 is 35.5. The van der Waals surface area contributed by atoms with E-state index in [1.165, 1.54) is 12.3 Å². The van der Waals surface area contributed by atoms with Gasteiger partial charge in [-0.1, -0.05) is 26.8 Å². The summed E-state index contributed by atoms with van der Waals surface area (Å²) in [5, 5.41) is 19.9. The first kappa shape index (κ1) is 29.0. The topological polar surface area (TPSA) is 123 Å². The highest BCUT2D eigenvalue weighted by Crippen LogP contribution is 2.39. The van der Waals surface area contributed by atoms with Crippen molar-refractivity contribution < 1.29 is 22.8 Å². The summed E-state index contributed by atoms with van der Waals surface area (Å²) in [4.78, 5) is 15.6. The molecule has 2 N–H and O–H groups in total. The Labute approximate surface area is 235 Å². The molecule has 2 aliphatic heterocycles. The Morgan fingerprint density at radius 3 is 2.64 bits per heavy atom. The Balaban J connectivity index is 1.48. The fourth-order valence-electron chi connectivity index (χ4n) is 4.05. The van der Waals surface area contributed by atoms with E-state index in [2.05, 4.69) is 44.7 Å². The van der Waals surface area contributed by atoms with Crippen molar-refractivity contribution in [3.63, 3.8) is 0 Å². The van der Waals surface area contributed by atoms with Gasteiger partial charge in [-0.15, -0.1) is 11.3 Å². The van der Waals surface area contributed by atoms with E-state index in [-0.39, 0.29) is 21.7 Å². The van der Waals surface area contributed by atoms with Gasteiger partial charge in [0.15, 0.2) is 0 Å². The molecule has 2 aliphatic rings. The van der Waals surface area contributed by atoms with Crippen molar-refractivity contribution in [1.82, 2.24) is 14.7 Å². The Morgan fingerprint density at radius 1 is 1.26 bits per heavy atom. The zero-order valence-electron chi connectivity index (χ0n) is 22.8. The fourth-order valence-corrected chi connectivity index (χ4v) is 7.67. The summed E-state index contributed by atoms with van der Waals surface area (Å²) >= 11 is 1.11. The molecule has 1 aromatic heterocycles. The quantitative estimate of drug-likeness (QED) is 0.431. The molecule has 9 nitrogen and oxygen atoms in total. The minimum absolute atomic E-state index is 0.0321. The first-order chi connectivity index (χ1) is 18.2. The van der Waals surface area contributed by atoms with Gasteiger partial charge in [-0.3, -0.25) is 15.1 Å². The monoisotopic (exact) mass is 586 g/mol. The molecule has 0 unspecified atom stereocenters. The minimum Gasteiger partial charge on any atom is -0.543 e. The van der Waals surface area contributed by atoms with E-state index in [0.29, 0.717) is 30.8 Å². The summed E-state index contributed by atoms with van der Waals surface area (Å²) in [5.74, 6) is 0.343. The smallest absolute Gasteiger partial charge is 0.250 e. The van der Waals surface area contributed by atoms with Crippen LogP contribution in [0.2, 0.25) is 18.1 Å². The predicted molar refractivity (Wildman–Crippen MR) is 153 cm³/mol. The number of carbonyl (C=O) groups is 1. The van der Waals surface area contributed by atoms with E-state index in [0.717, 1.165) is 32.4 Å². The Bertz CT molecular complexity index is 1470. The van der Waals surface area contributed by atoms with Crippen LogP contribution >= 0.6 is 11.3 Å². The highest BCUT2D eigenvalue weighted by molar-refractivity contribution is 7.91. The van der Waals surface area contributed by atoms with Gasteiger partial charge in [0.25, 0.3) is 10.0 Å². The molecule has 12 heteroatoms. The Hall–Kier alpha value is -2.95. The molecular formula is C27H34N4O5S2Si. The normalized spacial score (nSPS) is 18.3. The number of nitrogens with one attached hydrogen (secondary N) is 1. The lowest BCUT2D eigenvalue weighted by Crippen LogP contribution is -2.44. The number of hydrogen-bond donors (Lipinski definition) is 2. The maximum absolute atomic E-state index is 13.3. The minimum atomic E-state index is -3.91. The molecule has 0 saturated carbocycles. The molecule has 0 radical (unpaired) electrons. The number of hydroxylamine groups is 2. The molecule has 1 saturated heterocycles. The van der Waals surface area contributed by atoms with Crippen molar-refractivity contribution in [1.29, 1.82) is 5.26 Å². The number of allylic oxidation sites excluding steroid dienone is 2. The van der Waals surface area contributed by atoms with Crippen molar-refractivity contribution in [2.45, 2.75) is 62.1 Å². The zero-order valence-corrected chi connectivity index (χ0v) is 25.4. The van der Waals surface area contributed by atoms with Gasteiger partial charge in [-0.05, 0) is 66.5 Å². The van der Waals surface area contributed by atoms with Gasteiger partial charge >= 0.3 is 0 Å². The molecule has 1 amide bonds. The largest absolute Gasteiger partial charge is 0.543 e. The van der Waals surface area contributed by atoms with Crippen LogP contribution in [0.1, 0.15) is 43.2 Å². The third-order valence-corrected chi connectivity index (χ3v) is 14.8. The Morgan fingerprint density at radius 2 is 2.00 bits per heavy atom. The molecule has 3 heterocycles. The average molecular weight is 587 g/mol. The first-order valence-electron chi connectivity index (χ1n) is 12.7.